The van der Waals surface area contributed by atoms with Crippen molar-refractivity contribution in [2.45, 2.75) is 13.0 Å². The van der Waals surface area contributed by atoms with Crippen molar-refractivity contribution in [3.05, 3.63) is 48.2 Å². The minimum Gasteiger partial charge on any atom is -0.361 e. The Hall–Kier alpha value is -2.48. The molecule has 2 heterocycles. The lowest BCUT2D eigenvalue weighted by atomic mass is 10.1. The van der Waals surface area contributed by atoms with Crippen LogP contribution in [0.5, 0.6) is 0 Å². The molecule has 0 spiro atoms. The van der Waals surface area contributed by atoms with Gasteiger partial charge < -0.3 is 5.32 Å². The molecule has 0 fully saturated rings. The Labute approximate surface area is 99.2 Å². The predicted molar refractivity (Wildman–Crippen MR) is 63.0 cm³/mol. The van der Waals surface area contributed by atoms with E-state index in [2.05, 4.69) is 20.3 Å². The lowest BCUT2D eigenvalue weighted by Gasteiger charge is -2.14. The Balaban J connectivity index is 2.19. The molecule has 0 aromatic carbocycles. The summed E-state index contributed by atoms with van der Waals surface area (Å²) in [5, 5.41) is 12.1. The van der Waals surface area contributed by atoms with E-state index in [1.165, 1.54) is 6.20 Å². The fourth-order valence-electron chi connectivity index (χ4n) is 1.47. The molecule has 2 rings (SSSR count). The minimum absolute atomic E-state index is 0.0433. The first-order valence-corrected chi connectivity index (χ1v) is 5.19. The molecule has 17 heavy (non-hydrogen) atoms. The van der Waals surface area contributed by atoms with Crippen molar-refractivity contribution in [2.24, 2.45) is 0 Å². The quantitative estimate of drug-likeness (QED) is 0.863. The first-order chi connectivity index (χ1) is 8.31. The van der Waals surface area contributed by atoms with Crippen molar-refractivity contribution in [1.29, 1.82) is 5.26 Å². The van der Waals surface area contributed by atoms with E-state index in [0.717, 1.165) is 5.56 Å². The van der Waals surface area contributed by atoms with Crippen LogP contribution in [0.2, 0.25) is 0 Å². The van der Waals surface area contributed by atoms with E-state index in [-0.39, 0.29) is 6.04 Å². The van der Waals surface area contributed by atoms with Crippen LogP contribution < -0.4 is 5.32 Å². The van der Waals surface area contributed by atoms with Gasteiger partial charge in [0.2, 0.25) is 0 Å². The Morgan fingerprint density at radius 2 is 1.88 bits per heavy atom. The fraction of sp³-hybridized carbons (Fsp3) is 0.167. The van der Waals surface area contributed by atoms with Crippen molar-refractivity contribution in [3.8, 4) is 6.07 Å². The summed E-state index contributed by atoms with van der Waals surface area (Å²) in [5.74, 6) is 0.499. The SMILES string of the molecule is CC(Nc1nccnc1C#N)c1ccncc1. The molecule has 84 valence electrons. The van der Waals surface area contributed by atoms with Gasteiger partial charge >= 0.3 is 0 Å². The summed E-state index contributed by atoms with van der Waals surface area (Å²) in [6.07, 6.45) is 6.52. The Morgan fingerprint density at radius 1 is 1.18 bits per heavy atom. The van der Waals surface area contributed by atoms with Gasteiger partial charge in [-0.3, -0.25) is 4.98 Å². The van der Waals surface area contributed by atoms with E-state index in [1.54, 1.807) is 18.6 Å². The number of nitrogens with one attached hydrogen (secondary N) is 1. The van der Waals surface area contributed by atoms with Gasteiger partial charge in [0.15, 0.2) is 11.5 Å². The molecule has 0 amide bonds. The van der Waals surface area contributed by atoms with Crippen LogP contribution >= 0.6 is 0 Å². The molecule has 5 nitrogen and oxygen atoms in total. The maximum absolute atomic E-state index is 8.90. The number of hydrogen-bond donors (Lipinski definition) is 1. The molecule has 0 saturated carbocycles. The van der Waals surface area contributed by atoms with E-state index in [0.29, 0.717) is 11.5 Å². The van der Waals surface area contributed by atoms with Crippen molar-refractivity contribution in [1.82, 2.24) is 15.0 Å². The monoisotopic (exact) mass is 225 g/mol. The molecule has 1 atom stereocenters. The van der Waals surface area contributed by atoms with Gasteiger partial charge in [-0.1, -0.05) is 0 Å². The van der Waals surface area contributed by atoms with Crippen molar-refractivity contribution in [3.63, 3.8) is 0 Å². The zero-order chi connectivity index (χ0) is 12.1. The first kappa shape index (κ1) is 11.0. The zero-order valence-corrected chi connectivity index (χ0v) is 9.33. The smallest absolute Gasteiger partial charge is 0.182 e. The second kappa shape index (κ2) is 5.03. The average Bonchev–Trinajstić information content (AvgIpc) is 2.40. The van der Waals surface area contributed by atoms with E-state index in [1.807, 2.05) is 25.1 Å². The number of rotatable bonds is 3. The number of aromatic nitrogens is 3. The summed E-state index contributed by atoms with van der Waals surface area (Å²) in [5.41, 5.74) is 1.38. The highest BCUT2D eigenvalue weighted by molar-refractivity contribution is 5.48. The largest absolute Gasteiger partial charge is 0.361 e. The van der Waals surface area contributed by atoms with Gasteiger partial charge in [0.1, 0.15) is 6.07 Å². The first-order valence-electron chi connectivity index (χ1n) is 5.19. The number of nitrogens with zero attached hydrogens (tertiary/aromatic N) is 4. The molecule has 0 bridgehead atoms. The molecule has 0 radical (unpaired) electrons. The number of nitriles is 1. The Morgan fingerprint density at radius 3 is 2.59 bits per heavy atom. The van der Waals surface area contributed by atoms with Crippen molar-refractivity contribution in [2.75, 3.05) is 5.32 Å². The number of anilines is 1. The maximum Gasteiger partial charge on any atom is 0.182 e. The Kier molecular flexibility index (Phi) is 3.26. The van der Waals surface area contributed by atoms with Crippen LogP contribution in [0.3, 0.4) is 0 Å². The lowest BCUT2D eigenvalue weighted by molar-refractivity contribution is 0.866. The molecular formula is C12H11N5. The molecule has 2 aromatic rings. The molecule has 5 heteroatoms. The molecule has 0 aliphatic carbocycles. The second-order valence-electron chi connectivity index (χ2n) is 3.51. The van der Waals surface area contributed by atoms with Crippen LogP contribution in [0.15, 0.2) is 36.9 Å². The third kappa shape index (κ3) is 2.55. The van der Waals surface area contributed by atoms with Crippen molar-refractivity contribution < 1.29 is 0 Å². The third-order valence-electron chi connectivity index (χ3n) is 2.36. The lowest BCUT2D eigenvalue weighted by Crippen LogP contribution is -2.09. The zero-order valence-electron chi connectivity index (χ0n) is 9.33. The van der Waals surface area contributed by atoms with Crippen LogP contribution in [0, 0.1) is 11.3 Å². The van der Waals surface area contributed by atoms with Gasteiger partial charge in [0.25, 0.3) is 0 Å². The summed E-state index contributed by atoms with van der Waals surface area (Å²) < 4.78 is 0. The number of hydrogen-bond acceptors (Lipinski definition) is 5. The van der Waals surface area contributed by atoms with Crippen molar-refractivity contribution >= 4 is 5.82 Å². The average molecular weight is 225 g/mol. The minimum atomic E-state index is 0.0433. The molecule has 0 aliphatic rings. The van der Waals surface area contributed by atoms with Crippen LogP contribution in [0.1, 0.15) is 24.2 Å². The molecule has 1 N–H and O–H groups in total. The highest BCUT2D eigenvalue weighted by Crippen LogP contribution is 2.17. The second-order valence-corrected chi connectivity index (χ2v) is 3.51. The maximum atomic E-state index is 8.90. The summed E-state index contributed by atoms with van der Waals surface area (Å²) in [6, 6.07) is 5.88. The van der Waals surface area contributed by atoms with Gasteiger partial charge in [0.05, 0.1) is 6.04 Å². The fourth-order valence-corrected chi connectivity index (χ4v) is 1.47. The van der Waals surface area contributed by atoms with Gasteiger partial charge in [0, 0.05) is 24.8 Å². The van der Waals surface area contributed by atoms with Crippen LogP contribution in [-0.2, 0) is 0 Å². The third-order valence-corrected chi connectivity index (χ3v) is 2.36. The predicted octanol–water partition coefficient (Wildman–Crippen LogP) is 1.92. The highest BCUT2D eigenvalue weighted by atomic mass is 15.0. The van der Waals surface area contributed by atoms with E-state index in [9.17, 15) is 0 Å². The van der Waals surface area contributed by atoms with E-state index >= 15 is 0 Å². The van der Waals surface area contributed by atoms with Crippen LogP contribution in [0.4, 0.5) is 5.82 Å². The van der Waals surface area contributed by atoms with E-state index in [4.69, 9.17) is 5.26 Å². The molecular weight excluding hydrogens is 214 g/mol. The van der Waals surface area contributed by atoms with Gasteiger partial charge in [-0.2, -0.15) is 5.26 Å². The topological polar surface area (TPSA) is 74.5 Å². The molecule has 2 aromatic heterocycles. The molecule has 0 saturated heterocycles. The summed E-state index contributed by atoms with van der Waals surface area (Å²) in [4.78, 5) is 12.0. The Bertz CT molecular complexity index is 532. The standard InChI is InChI=1S/C12H11N5/c1-9(10-2-4-14-5-3-10)17-12-11(8-13)15-6-7-16-12/h2-7,9H,1H3,(H,16,17). The van der Waals surface area contributed by atoms with Gasteiger partial charge in [-0.05, 0) is 24.6 Å². The summed E-state index contributed by atoms with van der Waals surface area (Å²) >= 11 is 0. The summed E-state index contributed by atoms with van der Waals surface area (Å²) in [7, 11) is 0. The van der Waals surface area contributed by atoms with Crippen LogP contribution in [0.25, 0.3) is 0 Å². The summed E-state index contributed by atoms with van der Waals surface area (Å²) in [6.45, 7) is 1.99. The van der Waals surface area contributed by atoms with Gasteiger partial charge in [-0.25, -0.2) is 9.97 Å². The van der Waals surface area contributed by atoms with E-state index < -0.39 is 0 Å². The normalized spacial score (nSPS) is 11.5. The number of pyridine rings is 1. The van der Waals surface area contributed by atoms with Crippen LogP contribution in [-0.4, -0.2) is 15.0 Å². The molecule has 0 aliphatic heterocycles. The molecule has 1 unspecified atom stereocenters. The van der Waals surface area contributed by atoms with Gasteiger partial charge in [-0.15, -0.1) is 0 Å². The highest BCUT2D eigenvalue weighted by Gasteiger charge is 2.09.